The van der Waals surface area contributed by atoms with Crippen LogP contribution in [0.4, 0.5) is 11.4 Å². The molecule has 2 rings (SSSR count). The van der Waals surface area contributed by atoms with Gasteiger partial charge < -0.3 is 5.32 Å². The predicted octanol–water partition coefficient (Wildman–Crippen LogP) is 3.32. The molecule has 0 bridgehead atoms. The van der Waals surface area contributed by atoms with E-state index in [1.165, 1.54) is 12.5 Å². The molecule has 1 aromatic rings. The van der Waals surface area contributed by atoms with Crippen LogP contribution in [-0.4, -0.2) is 11.0 Å². The van der Waals surface area contributed by atoms with Gasteiger partial charge in [0.25, 0.3) is 5.69 Å². The Bertz CT molecular complexity index is 391. The largest absolute Gasteiger partial charge is 0.377 e. The summed E-state index contributed by atoms with van der Waals surface area (Å²) in [7, 11) is 0. The standard InChI is InChI=1S/C10H11BrN2O2/c11-7-4-5-9(10(6-7)13(14)15)12-8-2-1-3-8/h4-6,8,12H,1-3H2. The maximum Gasteiger partial charge on any atom is 0.293 e. The van der Waals surface area contributed by atoms with Gasteiger partial charge in [-0.15, -0.1) is 0 Å². The molecular formula is C10H11BrN2O2. The number of benzene rings is 1. The molecule has 0 aromatic heterocycles. The van der Waals surface area contributed by atoms with E-state index < -0.39 is 0 Å². The van der Waals surface area contributed by atoms with E-state index in [0.29, 0.717) is 11.7 Å². The normalized spacial score (nSPS) is 15.8. The first-order chi connectivity index (χ1) is 7.16. The summed E-state index contributed by atoms with van der Waals surface area (Å²) in [6.07, 6.45) is 3.42. The first-order valence-electron chi connectivity index (χ1n) is 4.87. The van der Waals surface area contributed by atoms with Crippen LogP contribution in [0, 0.1) is 10.1 Å². The molecule has 0 radical (unpaired) electrons. The monoisotopic (exact) mass is 270 g/mol. The van der Waals surface area contributed by atoms with Crippen LogP contribution in [0.3, 0.4) is 0 Å². The smallest absolute Gasteiger partial charge is 0.293 e. The molecule has 80 valence electrons. The molecule has 0 atom stereocenters. The quantitative estimate of drug-likeness (QED) is 0.677. The number of anilines is 1. The summed E-state index contributed by atoms with van der Waals surface area (Å²) in [4.78, 5) is 10.5. The number of nitrogens with one attached hydrogen (secondary N) is 1. The van der Waals surface area contributed by atoms with Crippen molar-refractivity contribution in [1.82, 2.24) is 0 Å². The lowest BCUT2D eigenvalue weighted by molar-refractivity contribution is -0.384. The summed E-state index contributed by atoms with van der Waals surface area (Å²) in [5, 5.41) is 14.0. The lowest BCUT2D eigenvalue weighted by Gasteiger charge is -2.27. The van der Waals surface area contributed by atoms with Crippen LogP contribution in [0.2, 0.25) is 0 Å². The van der Waals surface area contributed by atoms with Gasteiger partial charge in [0.1, 0.15) is 5.69 Å². The minimum absolute atomic E-state index is 0.135. The van der Waals surface area contributed by atoms with Crippen LogP contribution in [-0.2, 0) is 0 Å². The number of nitrogens with zero attached hydrogens (tertiary/aromatic N) is 1. The highest BCUT2D eigenvalue weighted by Gasteiger charge is 2.21. The van der Waals surface area contributed by atoms with Crippen molar-refractivity contribution in [3.8, 4) is 0 Å². The number of halogens is 1. The second-order valence-corrected chi connectivity index (χ2v) is 4.61. The van der Waals surface area contributed by atoms with E-state index in [9.17, 15) is 10.1 Å². The van der Waals surface area contributed by atoms with Crippen molar-refractivity contribution in [2.75, 3.05) is 5.32 Å². The first kappa shape index (κ1) is 10.4. The van der Waals surface area contributed by atoms with Crippen LogP contribution in [0.1, 0.15) is 19.3 Å². The van der Waals surface area contributed by atoms with Crippen LogP contribution >= 0.6 is 15.9 Å². The lowest BCUT2D eigenvalue weighted by Crippen LogP contribution is -2.27. The van der Waals surface area contributed by atoms with E-state index in [0.717, 1.165) is 17.3 Å². The zero-order valence-electron chi connectivity index (χ0n) is 8.07. The van der Waals surface area contributed by atoms with Crippen molar-refractivity contribution in [2.24, 2.45) is 0 Å². The second kappa shape index (κ2) is 4.18. The second-order valence-electron chi connectivity index (χ2n) is 3.69. The molecule has 5 heteroatoms. The van der Waals surface area contributed by atoms with Crippen LogP contribution in [0.5, 0.6) is 0 Å². The summed E-state index contributed by atoms with van der Waals surface area (Å²) in [6, 6.07) is 5.50. The Morgan fingerprint density at radius 3 is 2.73 bits per heavy atom. The molecule has 0 aliphatic heterocycles. The molecule has 1 aliphatic carbocycles. The fourth-order valence-electron chi connectivity index (χ4n) is 1.55. The Morgan fingerprint density at radius 2 is 2.20 bits per heavy atom. The number of nitro groups is 1. The van der Waals surface area contributed by atoms with Gasteiger partial charge in [-0.25, -0.2) is 0 Å². The van der Waals surface area contributed by atoms with Crippen molar-refractivity contribution in [2.45, 2.75) is 25.3 Å². The molecule has 0 spiro atoms. The van der Waals surface area contributed by atoms with E-state index in [-0.39, 0.29) is 10.6 Å². The van der Waals surface area contributed by atoms with E-state index in [2.05, 4.69) is 21.2 Å². The molecule has 1 aromatic carbocycles. The van der Waals surface area contributed by atoms with E-state index in [1.807, 2.05) is 6.07 Å². The summed E-state index contributed by atoms with van der Waals surface area (Å²) in [5.41, 5.74) is 0.754. The Labute approximate surface area is 96.0 Å². The topological polar surface area (TPSA) is 55.2 Å². The number of hydrogen-bond acceptors (Lipinski definition) is 3. The third-order valence-corrected chi connectivity index (χ3v) is 3.11. The number of rotatable bonds is 3. The van der Waals surface area contributed by atoms with Gasteiger partial charge in [-0.05, 0) is 31.4 Å². The average molecular weight is 271 g/mol. The Morgan fingerprint density at radius 1 is 1.47 bits per heavy atom. The highest BCUT2D eigenvalue weighted by Crippen LogP contribution is 2.31. The molecule has 1 N–H and O–H groups in total. The molecule has 0 saturated heterocycles. The average Bonchev–Trinajstić information content (AvgIpc) is 2.12. The van der Waals surface area contributed by atoms with Gasteiger partial charge >= 0.3 is 0 Å². The molecule has 4 nitrogen and oxygen atoms in total. The van der Waals surface area contributed by atoms with Gasteiger partial charge in [-0.2, -0.15) is 0 Å². The summed E-state index contributed by atoms with van der Waals surface area (Å²) in [6.45, 7) is 0. The molecule has 1 aliphatic rings. The van der Waals surface area contributed by atoms with Crippen LogP contribution < -0.4 is 5.32 Å². The zero-order chi connectivity index (χ0) is 10.8. The summed E-state index contributed by atoms with van der Waals surface area (Å²) < 4.78 is 0.730. The molecule has 1 saturated carbocycles. The van der Waals surface area contributed by atoms with E-state index in [1.54, 1.807) is 6.07 Å². The maximum absolute atomic E-state index is 10.8. The highest BCUT2D eigenvalue weighted by atomic mass is 79.9. The zero-order valence-corrected chi connectivity index (χ0v) is 9.66. The van der Waals surface area contributed by atoms with Gasteiger partial charge in [0, 0.05) is 16.6 Å². The summed E-state index contributed by atoms with van der Waals surface area (Å²) in [5.74, 6) is 0. The molecular weight excluding hydrogens is 260 g/mol. The van der Waals surface area contributed by atoms with Gasteiger partial charge in [0.2, 0.25) is 0 Å². The highest BCUT2D eigenvalue weighted by molar-refractivity contribution is 9.10. The van der Waals surface area contributed by atoms with Crippen molar-refractivity contribution >= 4 is 27.3 Å². The minimum atomic E-state index is -0.355. The fraction of sp³-hybridized carbons (Fsp3) is 0.400. The Kier molecular flexibility index (Phi) is 2.90. The van der Waals surface area contributed by atoms with Crippen LogP contribution in [0.25, 0.3) is 0 Å². The molecule has 0 heterocycles. The molecule has 15 heavy (non-hydrogen) atoms. The SMILES string of the molecule is O=[N+]([O-])c1cc(Br)ccc1NC1CCC1. The van der Waals surface area contributed by atoms with Gasteiger partial charge in [0.05, 0.1) is 4.92 Å². The van der Waals surface area contributed by atoms with E-state index >= 15 is 0 Å². The Hall–Kier alpha value is -1.10. The third-order valence-electron chi connectivity index (χ3n) is 2.62. The van der Waals surface area contributed by atoms with Crippen molar-refractivity contribution in [3.05, 3.63) is 32.8 Å². The van der Waals surface area contributed by atoms with Crippen LogP contribution in [0.15, 0.2) is 22.7 Å². The minimum Gasteiger partial charge on any atom is -0.377 e. The molecule has 0 unspecified atom stereocenters. The lowest BCUT2D eigenvalue weighted by atomic mass is 9.93. The first-order valence-corrected chi connectivity index (χ1v) is 5.66. The predicted molar refractivity (Wildman–Crippen MR) is 62.1 cm³/mol. The third kappa shape index (κ3) is 2.28. The van der Waals surface area contributed by atoms with E-state index in [4.69, 9.17) is 0 Å². The summed E-state index contributed by atoms with van der Waals surface area (Å²) >= 11 is 3.23. The maximum atomic E-state index is 10.8. The Balaban J connectivity index is 2.23. The van der Waals surface area contributed by atoms with Crippen molar-refractivity contribution in [3.63, 3.8) is 0 Å². The molecule has 1 fully saturated rings. The molecule has 0 amide bonds. The van der Waals surface area contributed by atoms with Crippen molar-refractivity contribution in [1.29, 1.82) is 0 Å². The number of nitro benzene ring substituents is 1. The fourth-order valence-corrected chi connectivity index (χ4v) is 1.90. The van der Waals surface area contributed by atoms with Gasteiger partial charge in [0.15, 0.2) is 0 Å². The van der Waals surface area contributed by atoms with Gasteiger partial charge in [-0.1, -0.05) is 15.9 Å². The van der Waals surface area contributed by atoms with Gasteiger partial charge in [-0.3, -0.25) is 10.1 Å². The van der Waals surface area contributed by atoms with Crippen molar-refractivity contribution < 1.29 is 4.92 Å². The number of hydrogen-bond donors (Lipinski definition) is 1.